The van der Waals surface area contributed by atoms with Crippen molar-refractivity contribution < 1.29 is 23.7 Å². The fourth-order valence-electron chi connectivity index (χ4n) is 3.59. The number of nitrogens with two attached hydrogens (primary N) is 1. The summed E-state index contributed by atoms with van der Waals surface area (Å²) in [5.41, 5.74) is 5.34. The molecule has 2 amide bonds. The van der Waals surface area contributed by atoms with E-state index in [1.54, 1.807) is 0 Å². The van der Waals surface area contributed by atoms with Crippen LogP contribution in [0.5, 0.6) is 0 Å². The number of nitrogens with zero attached hydrogens (tertiary/aromatic N) is 3. The lowest BCUT2D eigenvalue weighted by molar-refractivity contribution is -0.384. The summed E-state index contributed by atoms with van der Waals surface area (Å²) in [4.78, 5) is 51.5. The summed E-state index contributed by atoms with van der Waals surface area (Å²) in [6, 6.07) is 4.16. The van der Waals surface area contributed by atoms with Gasteiger partial charge in [-0.2, -0.15) is 0 Å². The van der Waals surface area contributed by atoms with Gasteiger partial charge in [0.05, 0.1) is 10.5 Å². The van der Waals surface area contributed by atoms with Crippen LogP contribution in [0, 0.1) is 17.0 Å². The molecule has 0 unspecified atom stereocenters. The van der Waals surface area contributed by atoms with Crippen molar-refractivity contribution in [2.24, 2.45) is 5.73 Å². The molecule has 3 N–H and O–H groups in total. The van der Waals surface area contributed by atoms with Crippen LogP contribution >= 0.6 is 0 Å². The number of furan rings is 1. The first-order chi connectivity index (χ1) is 14.6. The molecule has 1 fully saturated rings. The zero-order valence-corrected chi connectivity index (χ0v) is 17.4. The minimum Gasteiger partial charge on any atom is -0.444 e. The number of rotatable bonds is 6. The number of hydrogen-bond donors (Lipinski definition) is 2. The summed E-state index contributed by atoms with van der Waals surface area (Å²) in [7, 11) is 1.98. The van der Waals surface area contributed by atoms with E-state index in [1.807, 2.05) is 11.9 Å². The number of carbonyl (C=O) groups is 3. The Morgan fingerprint density at radius 3 is 2.35 bits per heavy atom. The maximum Gasteiger partial charge on any atom is 0.293 e. The van der Waals surface area contributed by atoms with Crippen molar-refractivity contribution in [2.45, 2.75) is 13.8 Å². The van der Waals surface area contributed by atoms with Crippen molar-refractivity contribution in [1.29, 1.82) is 0 Å². The predicted molar refractivity (Wildman–Crippen MR) is 113 cm³/mol. The zero-order valence-electron chi connectivity index (χ0n) is 17.4. The second kappa shape index (κ2) is 8.56. The van der Waals surface area contributed by atoms with Crippen LogP contribution in [0.25, 0.3) is 0 Å². The van der Waals surface area contributed by atoms with E-state index in [1.165, 1.54) is 32.0 Å². The number of nitrogens with one attached hydrogen (secondary N) is 1. The van der Waals surface area contributed by atoms with Gasteiger partial charge in [-0.05, 0) is 33.0 Å². The number of piperazine rings is 1. The van der Waals surface area contributed by atoms with Gasteiger partial charge in [-0.3, -0.25) is 29.8 Å². The highest BCUT2D eigenvalue weighted by atomic mass is 16.6. The molecule has 31 heavy (non-hydrogen) atoms. The van der Waals surface area contributed by atoms with Gasteiger partial charge in [-0.15, -0.1) is 0 Å². The lowest BCUT2D eigenvalue weighted by Gasteiger charge is -2.33. The average molecular weight is 429 g/mol. The molecular formula is C20H23N5O6. The molecule has 11 heteroatoms. The van der Waals surface area contributed by atoms with Gasteiger partial charge in [0.15, 0.2) is 5.78 Å². The predicted octanol–water partition coefficient (Wildman–Crippen LogP) is 1.80. The van der Waals surface area contributed by atoms with E-state index in [9.17, 15) is 24.5 Å². The SMILES string of the molecule is CC(=O)c1c(C)oc(NC(=O)c2ccc(N3CCN(C)CC3)c([N+](=O)[O-])c2)c1C(N)=O. The number of aryl methyl sites for hydroxylation is 1. The second-order valence-corrected chi connectivity index (χ2v) is 7.36. The van der Waals surface area contributed by atoms with Crippen LogP contribution in [0.3, 0.4) is 0 Å². The number of anilines is 2. The Labute approximate surface area is 177 Å². The maximum absolute atomic E-state index is 12.7. The molecule has 2 aromatic rings. The van der Waals surface area contributed by atoms with E-state index < -0.39 is 22.5 Å². The summed E-state index contributed by atoms with van der Waals surface area (Å²) < 4.78 is 5.37. The number of nitro groups is 1. The first kappa shape index (κ1) is 22.0. The highest BCUT2D eigenvalue weighted by Gasteiger charge is 2.28. The third kappa shape index (κ3) is 4.40. The molecule has 1 aromatic heterocycles. The van der Waals surface area contributed by atoms with Gasteiger partial charge in [0.1, 0.15) is 17.0 Å². The standard InChI is InChI=1S/C20H23N5O6/c1-11(26)16-12(2)31-20(17(16)18(21)27)22-19(28)13-4-5-14(15(10-13)25(29)30)24-8-6-23(3)7-9-24/h4-5,10H,6-9H2,1-3H3,(H2,21,27)(H,22,28). The Morgan fingerprint density at radius 2 is 1.81 bits per heavy atom. The minimum absolute atomic E-state index is 0.00146. The van der Waals surface area contributed by atoms with Crippen molar-refractivity contribution in [3.05, 3.63) is 50.8 Å². The highest BCUT2D eigenvalue weighted by molar-refractivity contribution is 6.13. The third-order valence-electron chi connectivity index (χ3n) is 5.19. The quantitative estimate of drug-likeness (QED) is 0.400. The fraction of sp³-hybridized carbons (Fsp3) is 0.350. The van der Waals surface area contributed by atoms with Crippen molar-refractivity contribution in [1.82, 2.24) is 4.90 Å². The molecule has 164 valence electrons. The summed E-state index contributed by atoms with van der Waals surface area (Å²) in [6.07, 6.45) is 0. The van der Waals surface area contributed by atoms with Crippen LogP contribution in [-0.4, -0.2) is 60.6 Å². The molecule has 0 spiro atoms. The van der Waals surface area contributed by atoms with Gasteiger partial charge in [0, 0.05) is 37.8 Å². The van der Waals surface area contributed by atoms with E-state index >= 15 is 0 Å². The van der Waals surface area contributed by atoms with Gasteiger partial charge in [-0.25, -0.2) is 0 Å². The topological polar surface area (TPSA) is 152 Å². The molecule has 0 atom stereocenters. The van der Waals surface area contributed by atoms with Crippen molar-refractivity contribution in [3.63, 3.8) is 0 Å². The summed E-state index contributed by atoms with van der Waals surface area (Å²) in [5.74, 6) is -2.25. The number of primary amides is 1. The molecule has 1 aliphatic rings. The molecule has 1 saturated heterocycles. The van der Waals surface area contributed by atoms with Crippen LogP contribution in [0.2, 0.25) is 0 Å². The van der Waals surface area contributed by atoms with E-state index in [2.05, 4.69) is 10.2 Å². The molecule has 1 aromatic carbocycles. The Morgan fingerprint density at radius 1 is 1.16 bits per heavy atom. The monoisotopic (exact) mass is 429 g/mol. The smallest absolute Gasteiger partial charge is 0.293 e. The van der Waals surface area contributed by atoms with Crippen molar-refractivity contribution in [2.75, 3.05) is 43.4 Å². The molecular weight excluding hydrogens is 406 g/mol. The number of benzene rings is 1. The van der Waals surface area contributed by atoms with Crippen LogP contribution in [0.4, 0.5) is 17.3 Å². The van der Waals surface area contributed by atoms with E-state index in [0.717, 1.165) is 13.1 Å². The lowest BCUT2D eigenvalue weighted by atomic mass is 10.1. The molecule has 2 heterocycles. The van der Waals surface area contributed by atoms with Crippen LogP contribution in [0.1, 0.15) is 43.8 Å². The van der Waals surface area contributed by atoms with Gasteiger partial charge >= 0.3 is 0 Å². The highest BCUT2D eigenvalue weighted by Crippen LogP contribution is 2.31. The first-order valence-corrected chi connectivity index (χ1v) is 9.57. The third-order valence-corrected chi connectivity index (χ3v) is 5.19. The summed E-state index contributed by atoms with van der Waals surface area (Å²) in [5, 5.41) is 14.0. The van der Waals surface area contributed by atoms with Crippen molar-refractivity contribution >= 4 is 34.9 Å². The fourth-order valence-corrected chi connectivity index (χ4v) is 3.59. The zero-order chi connectivity index (χ0) is 22.9. The van der Waals surface area contributed by atoms with Crippen LogP contribution in [0.15, 0.2) is 22.6 Å². The second-order valence-electron chi connectivity index (χ2n) is 7.36. The van der Waals surface area contributed by atoms with Gasteiger partial charge in [0.25, 0.3) is 17.5 Å². The molecule has 0 bridgehead atoms. The summed E-state index contributed by atoms with van der Waals surface area (Å²) >= 11 is 0. The van der Waals surface area contributed by atoms with Gasteiger partial charge < -0.3 is 20.0 Å². The first-order valence-electron chi connectivity index (χ1n) is 9.57. The number of Topliss-reactive ketones (excluding diaryl/α,β-unsaturated/α-hetero) is 1. The Bertz CT molecular complexity index is 1070. The Hall–Kier alpha value is -3.73. The average Bonchev–Trinajstić information content (AvgIpc) is 3.04. The normalized spacial score (nSPS) is 14.4. The number of amides is 2. The number of hydrogen-bond acceptors (Lipinski definition) is 8. The molecule has 3 rings (SSSR count). The Kier molecular flexibility index (Phi) is 6.07. The van der Waals surface area contributed by atoms with Crippen LogP contribution in [-0.2, 0) is 0 Å². The van der Waals surface area contributed by atoms with Crippen molar-refractivity contribution in [3.8, 4) is 0 Å². The van der Waals surface area contributed by atoms with Crippen LogP contribution < -0.4 is 16.0 Å². The maximum atomic E-state index is 12.7. The molecule has 0 aliphatic carbocycles. The number of nitro benzene ring substituents is 1. The van der Waals surface area contributed by atoms with E-state index in [4.69, 9.17) is 10.2 Å². The van der Waals surface area contributed by atoms with Gasteiger partial charge in [-0.1, -0.05) is 0 Å². The largest absolute Gasteiger partial charge is 0.444 e. The number of carbonyl (C=O) groups excluding carboxylic acids is 3. The van der Waals surface area contributed by atoms with E-state index in [-0.39, 0.29) is 34.0 Å². The Balaban J connectivity index is 1.92. The molecule has 0 saturated carbocycles. The number of likely N-dealkylation sites (N-methyl/N-ethyl adjacent to an activating group) is 1. The number of ketones is 1. The summed E-state index contributed by atoms with van der Waals surface area (Å²) in [6.45, 7) is 5.51. The molecule has 0 radical (unpaired) electrons. The van der Waals surface area contributed by atoms with Gasteiger partial charge in [0.2, 0.25) is 5.88 Å². The lowest BCUT2D eigenvalue weighted by Crippen LogP contribution is -2.44. The van der Waals surface area contributed by atoms with E-state index in [0.29, 0.717) is 18.8 Å². The molecule has 11 nitrogen and oxygen atoms in total. The molecule has 1 aliphatic heterocycles. The minimum atomic E-state index is -0.936.